The van der Waals surface area contributed by atoms with Crippen LogP contribution in [0.1, 0.15) is 23.6 Å². The van der Waals surface area contributed by atoms with Crippen molar-refractivity contribution in [2.24, 2.45) is 0 Å². The van der Waals surface area contributed by atoms with E-state index in [1.807, 2.05) is 19.9 Å². The standard InChI is InChI=1S/C19H25FN4O2/c1-14-13-15(2)23-18(22-14)9-10-21-19(25)24(3)11-6-12-26-17-8-5-4-7-16(17)20/h4-5,7-8,13H,6,9-12H2,1-3H3,(H,21,25). The first kappa shape index (κ1) is 19.6. The molecule has 0 bridgehead atoms. The van der Waals surface area contributed by atoms with E-state index in [0.29, 0.717) is 32.5 Å². The van der Waals surface area contributed by atoms with Gasteiger partial charge in [-0.1, -0.05) is 12.1 Å². The summed E-state index contributed by atoms with van der Waals surface area (Å²) in [6.45, 7) is 5.18. The Hall–Kier alpha value is -2.70. The first-order valence-electron chi connectivity index (χ1n) is 8.63. The summed E-state index contributed by atoms with van der Waals surface area (Å²) in [5.74, 6) is 0.573. The zero-order chi connectivity index (χ0) is 18.9. The maximum Gasteiger partial charge on any atom is 0.317 e. The number of rotatable bonds is 8. The number of amides is 2. The molecule has 0 atom stereocenters. The molecule has 1 N–H and O–H groups in total. The minimum atomic E-state index is -0.382. The molecule has 0 saturated carbocycles. The highest BCUT2D eigenvalue weighted by atomic mass is 19.1. The molecule has 7 heteroatoms. The van der Waals surface area contributed by atoms with Crippen LogP contribution in [-0.4, -0.2) is 47.6 Å². The fourth-order valence-electron chi connectivity index (χ4n) is 2.47. The summed E-state index contributed by atoms with van der Waals surface area (Å²) in [4.78, 5) is 22.3. The predicted molar refractivity (Wildman–Crippen MR) is 97.8 cm³/mol. The number of urea groups is 1. The molecule has 2 aromatic rings. The van der Waals surface area contributed by atoms with E-state index >= 15 is 0 Å². The van der Waals surface area contributed by atoms with Crippen molar-refractivity contribution in [1.29, 1.82) is 0 Å². The van der Waals surface area contributed by atoms with Gasteiger partial charge in [0.05, 0.1) is 6.61 Å². The molecule has 0 aliphatic carbocycles. The third-order valence-electron chi connectivity index (χ3n) is 3.73. The summed E-state index contributed by atoms with van der Waals surface area (Å²) in [6, 6.07) is 8.02. The smallest absolute Gasteiger partial charge is 0.317 e. The summed E-state index contributed by atoms with van der Waals surface area (Å²) < 4.78 is 18.8. The maximum absolute atomic E-state index is 13.4. The van der Waals surface area contributed by atoms with E-state index in [4.69, 9.17) is 4.74 Å². The fourth-order valence-corrected chi connectivity index (χ4v) is 2.47. The van der Waals surface area contributed by atoms with Crippen molar-refractivity contribution < 1.29 is 13.9 Å². The van der Waals surface area contributed by atoms with Gasteiger partial charge in [0.1, 0.15) is 5.82 Å². The van der Waals surface area contributed by atoms with Crippen LogP contribution in [0.3, 0.4) is 0 Å². The number of benzene rings is 1. The van der Waals surface area contributed by atoms with Crippen LogP contribution in [0.5, 0.6) is 5.75 Å². The number of aromatic nitrogens is 2. The summed E-state index contributed by atoms with van der Waals surface area (Å²) in [5, 5.41) is 2.84. The van der Waals surface area contributed by atoms with Crippen LogP contribution in [0.2, 0.25) is 0 Å². The van der Waals surface area contributed by atoms with E-state index < -0.39 is 0 Å². The van der Waals surface area contributed by atoms with Crippen LogP contribution in [0, 0.1) is 19.7 Å². The first-order chi connectivity index (χ1) is 12.5. The van der Waals surface area contributed by atoms with Crippen LogP contribution < -0.4 is 10.1 Å². The average Bonchev–Trinajstić information content (AvgIpc) is 2.59. The van der Waals surface area contributed by atoms with Crippen molar-refractivity contribution in [3.63, 3.8) is 0 Å². The molecule has 1 aromatic carbocycles. The number of nitrogens with one attached hydrogen (secondary N) is 1. The number of carbonyl (C=O) groups excluding carboxylic acids is 1. The number of nitrogens with zero attached hydrogens (tertiary/aromatic N) is 3. The molecule has 0 radical (unpaired) electrons. The lowest BCUT2D eigenvalue weighted by Crippen LogP contribution is -2.39. The summed E-state index contributed by atoms with van der Waals surface area (Å²) in [5.41, 5.74) is 1.84. The number of aryl methyl sites for hydroxylation is 2. The fraction of sp³-hybridized carbons (Fsp3) is 0.421. The molecule has 2 amide bonds. The zero-order valence-corrected chi connectivity index (χ0v) is 15.5. The highest BCUT2D eigenvalue weighted by molar-refractivity contribution is 5.73. The van der Waals surface area contributed by atoms with Gasteiger partial charge >= 0.3 is 6.03 Å². The monoisotopic (exact) mass is 360 g/mol. The normalized spacial score (nSPS) is 10.5. The maximum atomic E-state index is 13.4. The number of carbonyl (C=O) groups is 1. The number of halogens is 1. The number of hydrogen-bond acceptors (Lipinski definition) is 4. The van der Waals surface area contributed by atoms with Crippen LogP contribution in [0.25, 0.3) is 0 Å². The van der Waals surface area contributed by atoms with Crippen molar-refractivity contribution in [2.75, 3.05) is 26.7 Å². The summed E-state index contributed by atoms with van der Waals surface area (Å²) in [6.07, 6.45) is 1.19. The molecule has 0 spiro atoms. The Morgan fingerprint density at radius 1 is 1.23 bits per heavy atom. The Kier molecular flexibility index (Phi) is 7.32. The van der Waals surface area contributed by atoms with E-state index in [9.17, 15) is 9.18 Å². The second-order valence-electron chi connectivity index (χ2n) is 6.10. The molecule has 140 valence electrons. The molecule has 0 fully saturated rings. The summed E-state index contributed by atoms with van der Waals surface area (Å²) >= 11 is 0. The minimum absolute atomic E-state index is 0.166. The van der Waals surface area contributed by atoms with Crippen molar-refractivity contribution >= 4 is 6.03 Å². The van der Waals surface area contributed by atoms with Gasteiger partial charge in [-0.25, -0.2) is 19.2 Å². The topological polar surface area (TPSA) is 67.4 Å². The number of ether oxygens (including phenoxy) is 1. The number of hydrogen-bond donors (Lipinski definition) is 1. The summed E-state index contributed by atoms with van der Waals surface area (Å²) in [7, 11) is 1.71. The molecule has 6 nitrogen and oxygen atoms in total. The van der Waals surface area contributed by atoms with Gasteiger partial charge in [0.25, 0.3) is 0 Å². The van der Waals surface area contributed by atoms with Gasteiger partial charge in [0.2, 0.25) is 0 Å². The largest absolute Gasteiger partial charge is 0.490 e. The Morgan fingerprint density at radius 2 is 1.92 bits per heavy atom. The van der Waals surface area contributed by atoms with Crippen LogP contribution in [0.4, 0.5) is 9.18 Å². The Morgan fingerprint density at radius 3 is 2.62 bits per heavy atom. The Labute approximate surface area is 153 Å². The molecule has 2 rings (SSSR count). The Bertz CT molecular complexity index is 719. The highest BCUT2D eigenvalue weighted by Gasteiger charge is 2.09. The van der Waals surface area contributed by atoms with Gasteiger partial charge in [-0.2, -0.15) is 0 Å². The molecule has 0 saturated heterocycles. The molecule has 1 heterocycles. The predicted octanol–water partition coefficient (Wildman–Crippen LogP) is 2.89. The molecule has 0 unspecified atom stereocenters. The zero-order valence-electron chi connectivity index (χ0n) is 15.5. The van der Waals surface area contributed by atoms with Gasteiger partial charge in [-0.15, -0.1) is 0 Å². The third kappa shape index (κ3) is 6.31. The van der Waals surface area contributed by atoms with Crippen LogP contribution >= 0.6 is 0 Å². The second-order valence-corrected chi connectivity index (χ2v) is 6.10. The first-order valence-corrected chi connectivity index (χ1v) is 8.63. The lowest BCUT2D eigenvalue weighted by atomic mass is 10.3. The second kappa shape index (κ2) is 9.70. The highest BCUT2D eigenvalue weighted by Crippen LogP contribution is 2.15. The van der Waals surface area contributed by atoms with E-state index in [2.05, 4.69) is 15.3 Å². The molecular weight excluding hydrogens is 335 g/mol. The SMILES string of the molecule is Cc1cc(C)nc(CCNC(=O)N(C)CCCOc2ccccc2F)n1. The van der Waals surface area contributed by atoms with Gasteiger partial charge in [-0.05, 0) is 38.5 Å². The molecule has 26 heavy (non-hydrogen) atoms. The van der Waals surface area contributed by atoms with Crippen molar-refractivity contribution in [1.82, 2.24) is 20.2 Å². The van der Waals surface area contributed by atoms with Crippen LogP contribution in [0.15, 0.2) is 30.3 Å². The van der Waals surface area contributed by atoms with Crippen molar-refractivity contribution in [3.05, 3.63) is 53.4 Å². The van der Waals surface area contributed by atoms with Crippen molar-refractivity contribution in [3.8, 4) is 5.75 Å². The Balaban J connectivity index is 1.65. The lowest BCUT2D eigenvalue weighted by Gasteiger charge is -2.18. The van der Waals surface area contributed by atoms with Crippen molar-refractivity contribution in [2.45, 2.75) is 26.7 Å². The van der Waals surface area contributed by atoms with Gasteiger partial charge in [-0.3, -0.25) is 0 Å². The average molecular weight is 360 g/mol. The van der Waals surface area contributed by atoms with E-state index in [-0.39, 0.29) is 17.6 Å². The lowest BCUT2D eigenvalue weighted by molar-refractivity contribution is 0.203. The van der Waals surface area contributed by atoms with E-state index in [1.165, 1.54) is 6.07 Å². The number of para-hydroxylation sites is 1. The molecular formula is C19H25FN4O2. The third-order valence-corrected chi connectivity index (χ3v) is 3.73. The molecule has 0 aliphatic rings. The van der Waals surface area contributed by atoms with E-state index in [0.717, 1.165) is 17.2 Å². The molecule has 0 aliphatic heterocycles. The van der Waals surface area contributed by atoms with Gasteiger partial charge in [0, 0.05) is 37.9 Å². The van der Waals surface area contributed by atoms with Crippen LogP contribution in [-0.2, 0) is 6.42 Å². The minimum Gasteiger partial charge on any atom is -0.490 e. The molecule has 1 aromatic heterocycles. The quantitative estimate of drug-likeness (QED) is 0.735. The van der Waals surface area contributed by atoms with E-state index in [1.54, 1.807) is 30.1 Å². The van der Waals surface area contributed by atoms with Gasteiger partial charge < -0.3 is 15.0 Å². The van der Waals surface area contributed by atoms with Gasteiger partial charge in [0.15, 0.2) is 11.6 Å².